The quantitative estimate of drug-likeness (QED) is 0.758. The van der Waals surface area contributed by atoms with Crippen molar-refractivity contribution >= 4 is 5.78 Å². The van der Waals surface area contributed by atoms with Crippen LogP contribution in [0.5, 0.6) is 0 Å². The van der Waals surface area contributed by atoms with E-state index in [-0.39, 0.29) is 0 Å². The Bertz CT molecular complexity index is 396. The maximum Gasteiger partial charge on any atom is 0.414 e. The first kappa shape index (κ1) is 14.7. The molecule has 0 saturated heterocycles. The van der Waals surface area contributed by atoms with Crippen molar-refractivity contribution in [3.8, 4) is 0 Å². The number of Topliss-reactive ketones (excluding diaryl/α,β-unsaturated/α-hetero) is 1. The standard InChI is InChI=1S/C13H15F3O2/c1-3-10-4-6-11(7-5-10)12(17)8-18-9(2)13(14,15)16/h4-7,9H,3,8H2,1-2H3. The van der Waals surface area contributed by atoms with Crippen LogP contribution < -0.4 is 0 Å². The van der Waals surface area contributed by atoms with Gasteiger partial charge in [0, 0.05) is 5.56 Å². The van der Waals surface area contributed by atoms with Crippen molar-refractivity contribution in [2.45, 2.75) is 32.5 Å². The van der Waals surface area contributed by atoms with Gasteiger partial charge in [0.25, 0.3) is 0 Å². The van der Waals surface area contributed by atoms with Crippen LogP contribution in [-0.4, -0.2) is 24.7 Å². The fourth-order valence-electron chi connectivity index (χ4n) is 1.30. The van der Waals surface area contributed by atoms with E-state index in [9.17, 15) is 18.0 Å². The number of alkyl halides is 3. The van der Waals surface area contributed by atoms with Crippen molar-refractivity contribution in [3.05, 3.63) is 35.4 Å². The molecule has 0 radical (unpaired) electrons. The van der Waals surface area contributed by atoms with Crippen LogP contribution in [0.15, 0.2) is 24.3 Å². The molecule has 0 aliphatic rings. The van der Waals surface area contributed by atoms with Crippen LogP contribution in [0.3, 0.4) is 0 Å². The molecule has 0 amide bonds. The number of ether oxygens (including phenoxy) is 1. The number of hydrogen-bond donors (Lipinski definition) is 0. The first-order chi connectivity index (χ1) is 8.34. The van der Waals surface area contributed by atoms with Crippen LogP contribution in [0.4, 0.5) is 13.2 Å². The fourth-order valence-corrected chi connectivity index (χ4v) is 1.30. The third kappa shape index (κ3) is 4.14. The Morgan fingerprint density at radius 3 is 2.28 bits per heavy atom. The molecule has 0 saturated carbocycles. The van der Waals surface area contributed by atoms with E-state index in [1.807, 2.05) is 6.92 Å². The highest BCUT2D eigenvalue weighted by Crippen LogP contribution is 2.22. The minimum Gasteiger partial charge on any atom is -0.361 e. The predicted octanol–water partition coefficient (Wildman–Crippen LogP) is 3.40. The van der Waals surface area contributed by atoms with Gasteiger partial charge in [-0.1, -0.05) is 31.2 Å². The monoisotopic (exact) mass is 260 g/mol. The van der Waals surface area contributed by atoms with Crippen molar-refractivity contribution in [3.63, 3.8) is 0 Å². The molecule has 5 heteroatoms. The van der Waals surface area contributed by atoms with Crippen molar-refractivity contribution in [2.75, 3.05) is 6.61 Å². The Hall–Kier alpha value is -1.36. The van der Waals surface area contributed by atoms with E-state index in [2.05, 4.69) is 4.74 Å². The molecule has 0 heterocycles. The Balaban J connectivity index is 2.55. The number of hydrogen-bond acceptors (Lipinski definition) is 2. The lowest BCUT2D eigenvalue weighted by Gasteiger charge is -2.15. The average molecular weight is 260 g/mol. The zero-order valence-electron chi connectivity index (χ0n) is 10.3. The summed E-state index contributed by atoms with van der Waals surface area (Å²) >= 11 is 0. The van der Waals surface area contributed by atoms with E-state index >= 15 is 0 Å². The molecule has 0 aliphatic carbocycles. The number of benzene rings is 1. The maximum absolute atomic E-state index is 12.2. The molecule has 0 spiro atoms. The van der Waals surface area contributed by atoms with Gasteiger partial charge in [-0.3, -0.25) is 4.79 Å². The highest BCUT2D eigenvalue weighted by Gasteiger charge is 2.37. The minimum absolute atomic E-state index is 0.363. The van der Waals surface area contributed by atoms with E-state index in [1.54, 1.807) is 24.3 Å². The zero-order valence-corrected chi connectivity index (χ0v) is 10.3. The SMILES string of the molecule is CCc1ccc(C(=O)COC(C)C(F)(F)F)cc1. The predicted molar refractivity (Wildman–Crippen MR) is 61.6 cm³/mol. The molecule has 2 nitrogen and oxygen atoms in total. The molecular weight excluding hydrogens is 245 g/mol. The molecule has 0 N–H and O–H groups in total. The first-order valence-corrected chi connectivity index (χ1v) is 5.65. The van der Waals surface area contributed by atoms with Crippen LogP contribution in [0.2, 0.25) is 0 Å². The Labute approximate surface area is 104 Å². The summed E-state index contributed by atoms with van der Waals surface area (Å²) in [6.45, 7) is 2.30. The van der Waals surface area contributed by atoms with Gasteiger partial charge in [0.2, 0.25) is 0 Å². The van der Waals surface area contributed by atoms with Gasteiger partial charge in [-0.05, 0) is 18.9 Å². The minimum atomic E-state index is -4.44. The van der Waals surface area contributed by atoms with Gasteiger partial charge in [-0.2, -0.15) is 13.2 Å². The van der Waals surface area contributed by atoms with Gasteiger partial charge in [0.15, 0.2) is 11.9 Å². The number of ketones is 1. The summed E-state index contributed by atoms with van der Waals surface area (Å²) in [5.41, 5.74) is 1.43. The van der Waals surface area contributed by atoms with Crippen molar-refractivity contribution in [1.29, 1.82) is 0 Å². The summed E-state index contributed by atoms with van der Waals surface area (Å²) in [5.74, 6) is -0.450. The fraction of sp³-hybridized carbons (Fsp3) is 0.462. The zero-order chi connectivity index (χ0) is 13.8. The molecule has 18 heavy (non-hydrogen) atoms. The smallest absolute Gasteiger partial charge is 0.361 e. The maximum atomic E-state index is 12.2. The van der Waals surface area contributed by atoms with E-state index in [0.717, 1.165) is 18.9 Å². The molecule has 0 bridgehead atoms. The average Bonchev–Trinajstić information content (AvgIpc) is 2.34. The summed E-state index contributed by atoms with van der Waals surface area (Å²) in [6, 6.07) is 6.76. The van der Waals surface area contributed by atoms with E-state index in [1.165, 1.54) is 0 Å². The summed E-state index contributed by atoms with van der Waals surface area (Å²) in [7, 11) is 0. The number of carbonyl (C=O) groups is 1. The van der Waals surface area contributed by atoms with Crippen molar-refractivity contribution in [2.24, 2.45) is 0 Å². The normalized spacial score (nSPS) is 13.4. The Kier molecular flexibility index (Phi) is 4.90. The summed E-state index contributed by atoms with van der Waals surface area (Å²) < 4.78 is 41.0. The van der Waals surface area contributed by atoms with Gasteiger partial charge < -0.3 is 4.74 Å². The number of aryl methyl sites for hydroxylation is 1. The largest absolute Gasteiger partial charge is 0.414 e. The second kappa shape index (κ2) is 6.00. The van der Waals surface area contributed by atoms with Gasteiger partial charge in [0.05, 0.1) is 0 Å². The molecule has 0 aliphatic heterocycles. The summed E-state index contributed by atoms with van der Waals surface area (Å²) in [4.78, 5) is 11.6. The van der Waals surface area contributed by atoms with Crippen LogP contribution in [0.25, 0.3) is 0 Å². The van der Waals surface area contributed by atoms with Crippen LogP contribution in [0.1, 0.15) is 29.8 Å². The highest BCUT2D eigenvalue weighted by molar-refractivity contribution is 5.97. The molecule has 100 valence electrons. The first-order valence-electron chi connectivity index (χ1n) is 5.65. The molecule has 1 unspecified atom stereocenters. The van der Waals surface area contributed by atoms with E-state index in [0.29, 0.717) is 5.56 Å². The number of halogens is 3. The van der Waals surface area contributed by atoms with Crippen molar-refractivity contribution in [1.82, 2.24) is 0 Å². The van der Waals surface area contributed by atoms with Gasteiger partial charge in [-0.15, -0.1) is 0 Å². The van der Waals surface area contributed by atoms with Crippen LogP contribution >= 0.6 is 0 Å². The third-order valence-electron chi connectivity index (χ3n) is 2.61. The summed E-state index contributed by atoms with van der Waals surface area (Å²) in [6.07, 6.45) is -5.53. The second-order valence-corrected chi connectivity index (χ2v) is 3.97. The highest BCUT2D eigenvalue weighted by atomic mass is 19.4. The van der Waals surface area contributed by atoms with Crippen LogP contribution in [0, 0.1) is 0 Å². The van der Waals surface area contributed by atoms with Gasteiger partial charge >= 0.3 is 6.18 Å². The lowest BCUT2D eigenvalue weighted by Crippen LogP contribution is -2.30. The van der Waals surface area contributed by atoms with Crippen LogP contribution in [-0.2, 0) is 11.2 Å². The number of carbonyl (C=O) groups excluding carboxylic acids is 1. The van der Waals surface area contributed by atoms with Gasteiger partial charge in [0.1, 0.15) is 6.61 Å². The number of rotatable bonds is 5. The molecule has 1 aromatic carbocycles. The van der Waals surface area contributed by atoms with E-state index < -0.39 is 24.7 Å². The molecule has 0 aromatic heterocycles. The topological polar surface area (TPSA) is 26.3 Å². The Morgan fingerprint density at radius 1 is 1.28 bits per heavy atom. The lowest BCUT2D eigenvalue weighted by molar-refractivity contribution is -0.210. The third-order valence-corrected chi connectivity index (χ3v) is 2.61. The molecule has 0 fully saturated rings. The van der Waals surface area contributed by atoms with E-state index in [4.69, 9.17) is 0 Å². The lowest BCUT2D eigenvalue weighted by atomic mass is 10.1. The second-order valence-electron chi connectivity index (χ2n) is 3.97. The molecular formula is C13H15F3O2. The molecule has 1 rings (SSSR count). The molecule has 1 aromatic rings. The summed E-state index contributed by atoms with van der Waals surface area (Å²) in [5, 5.41) is 0. The van der Waals surface area contributed by atoms with Gasteiger partial charge in [-0.25, -0.2) is 0 Å². The van der Waals surface area contributed by atoms with Crippen molar-refractivity contribution < 1.29 is 22.7 Å². The Morgan fingerprint density at radius 2 is 1.83 bits per heavy atom. The molecule has 1 atom stereocenters.